The minimum absolute atomic E-state index is 0.0284. The van der Waals surface area contributed by atoms with Crippen LogP contribution in [-0.2, 0) is 4.79 Å². The molecule has 0 spiro atoms. The van der Waals surface area contributed by atoms with E-state index in [2.05, 4.69) is 10.6 Å². The van der Waals surface area contributed by atoms with E-state index in [1.807, 2.05) is 64.1 Å². The number of aryl methyl sites for hydroxylation is 4. The number of nitriles is 1. The predicted molar refractivity (Wildman–Crippen MR) is 102 cm³/mol. The number of nitrogens with zero attached hydrogens (tertiary/aromatic N) is 1. The lowest BCUT2D eigenvalue weighted by Crippen LogP contribution is -2.16. The molecule has 0 fully saturated rings. The number of nitrogen functional groups attached to an aromatic ring is 1. The van der Waals surface area contributed by atoms with Crippen LogP contribution in [0.4, 0.5) is 17.1 Å². The highest BCUT2D eigenvalue weighted by atomic mass is 16.1. The van der Waals surface area contributed by atoms with Crippen molar-refractivity contribution in [2.75, 3.05) is 16.4 Å². The van der Waals surface area contributed by atoms with Gasteiger partial charge in [-0.1, -0.05) is 23.8 Å². The molecular weight excluding hydrogens is 312 g/mol. The Morgan fingerprint density at radius 2 is 1.72 bits per heavy atom. The van der Waals surface area contributed by atoms with Gasteiger partial charge >= 0.3 is 0 Å². The fourth-order valence-corrected chi connectivity index (χ4v) is 2.67. The van der Waals surface area contributed by atoms with Crippen LogP contribution in [0.25, 0.3) is 0 Å². The average Bonchev–Trinajstić information content (AvgIpc) is 2.53. The van der Waals surface area contributed by atoms with Gasteiger partial charge in [0.1, 0.15) is 11.6 Å². The SMILES string of the molecule is Cc1cc(C)c(NC(=O)/C(C#N)=C\Nc2ccc(C)cc2N)c(C)c1. The van der Waals surface area contributed by atoms with Crippen LogP contribution in [0.5, 0.6) is 0 Å². The van der Waals surface area contributed by atoms with Crippen molar-refractivity contribution in [3.63, 3.8) is 0 Å². The molecule has 0 aromatic heterocycles. The molecule has 2 rings (SSSR count). The summed E-state index contributed by atoms with van der Waals surface area (Å²) in [5.74, 6) is -0.462. The molecule has 5 nitrogen and oxygen atoms in total. The fourth-order valence-electron chi connectivity index (χ4n) is 2.67. The number of hydrogen-bond acceptors (Lipinski definition) is 4. The highest BCUT2D eigenvalue weighted by Crippen LogP contribution is 2.23. The Hall–Kier alpha value is -3.26. The first-order chi connectivity index (χ1) is 11.8. The van der Waals surface area contributed by atoms with Gasteiger partial charge < -0.3 is 16.4 Å². The third kappa shape index (κ3) is 4.39. The summed E-state index contributed by atoms with van der Waals surface area (Å²) < 4.78 is 0. The molecule has 0 aliphatic rings. The Kier molecular flexibility index (Phi) is 5.45. The van der Waals surface area contributed by atoms with Gasteiger partial charge in [0.25, 0.3) is 5.91 Å². The summed E-state index contributed by atoms with van der Waals surface area (Å²) >= 11 is 0. The molecule has 0 saturated heterocycles. The highest BCUT2D eigenvalue weighted by molar-refractivity contribution is 6.07. The van der Waals surface area contributed by atoms with Crippen LogP contribution < -0.4 is 16.4 Å². The number of carbonyl (C=O) groups excluding carboxylic acids is 1. The topological polar surface area (TPSA) is 90.9 Å². The smallest absolute Gasteiger partial charge is 0.267 e. The maximum Gasteiger partial charge on any atom is 0.267 e. The third-order valence-corrected chi connectivity index (χ3v) is 3.86. The van der Waals surface area contributed by atoms with Gasteiger partial charge in [0.05, 0.1) is 11.4 Å². The number of carbonyl (C=O) groups is 1. The molecule has 2 aromatic carbocycles. The third-order valence-electron chi connectivity index (χ3n) is 3.86. The molecule has 0 bridgehead atoms. The molecule has 1 amide bonds. The van der Waals surface area contributed by atoms with Gasteiger partial charge in [-0.05, 0) is 56.5 Å². The number of nitrogens with one attached hydrogen (secondary N) is 2. The van der Waals surface area contributed by atoms with E-state index >= 15 is 0 Å². The zero-order chi connectivity index (χ0) is 18.6. The number of hydrogen-bond donors (Lipinski definition) is 3. The van der Waals surface area contributed by atoms with Crippen molar-refractivity contribution in [3.8, 4) is 6.07 Å². The number of amides is 1. The van der Waals surface area contributed by atoms with Crippen molar-refractivity contribution < 1.29 is 4.79 Å². The highest BCUT2D eigenvalue weighted by Gasteiger charge is 2.13. The summed E-state index contributed by atoms with van der Waals surface area (Å²) in [5.41, 5.74) is 11.9. The van der Waals surface area contributed by atoms with Crippen LogP contribution in [0.1, 0.15) is 22.3 Å². The van der Waals surface area contributed by atoms with E-state index < -0.39 is 5.91 Å². The number of rotatable bonds is 4. The van der Waals surface area contributed by atoms with Crippen LogP contribution >= 0.6 is 0 Å². The van der Waals surface area contributed by atoms with Crippen molar-refractivity contribution in [2.24, 2.45) is 0 Å². The zero-order valence-corrected chi connectivity index (χ0v) is 14.9. The van der Waals surface area contributed by atoms with Crippen LogP contribution in [0.3, 0.4) is 0 Å². The number of benzene rings is 2. The lowest BCUT2D eigenvalue weighted by molar-refractivity contribution is -0.112. The monoisotopic (exact) mass is 334 g/mol. The van der Waals surface area contributed by atoms with Gasteiger partial charge in [-0.15, -0.1) is 0 Å². The first kappa shape index (κ1) is 18.1. The molecule has 5 heteroatoms. The molecule has 2 aromatic rings. The fraction of sp³-hybridized carbons (Fsp3) is 0.200. The Balaban J connectivity index is 2.20. The first-order valence-electron chi connectivity index (χ1n) is 7.94. The second kappa shape index (κ2) is 7.54. The minimum atomic E-state index is -0.462. The molecule has 0 radical (unpaired) electrons. The second-order valence-electron chi connectivity index (χ2n) is 6.13. The molecular formula is C20H22N4O. The summed E-state index contributed by atoms with van der Waals surface area (Å²) in [4.78, 5) is 12.4. The first-order valence-corrected chi connectivity index (χ1v) is 7.94. The van der Waals surface area contributed by atoms with E-state index in [1.54, 1.807) is 0 Å². The van der Waals surface area contributed by atoms with Gasteiger partial charge in [0.15, 0.2) is 0 Å². The van der Waals surface area contributed by atoms with E-state index in [-0.39, 0.29) is 5.57 Å². The maximum atomic E-state index is 12.4. The van der Waals surface area contributed by atoms with E-state index in [4.69, 9.17) is 5.73 Å². The molecule has 0 saturated carbocycles. The quantitative estimate of drug-likeness (QED) is 0.448. The van der Waals surface area contributed by atoms with Crippen molar-refractivity contribution in [3.05, 3.63) is 64.4 Å². The Morgan fingerprint density at radius 3 is 2.28 bits per heavy atom. The minimum Gasteiger partial charge on any atom is -0.397 e. The molecule has 0 aliphatic carbocycles. The normalized spacial score (nSPS) is 10.9. The largest absolute Gasteiger partial charge is 0.397 e. The van der Waals surface area contributed by atoms with E-state index in [0.717, 1.165) is 27.9 Å². The molecule has 0 aliphatic heterocycles. The Morgan fingerprint density at radius 1 is 1.08 bits per heavy atom. The van der Waals surface area contributed by atoms with Gasteiger partial charge in [-0.2, -0.15) is 5.26 Å². The Bertz CT molecular complexity index is 868. The average molecular weight is 334 g/mol. The number of nitrogens with two attached hydrogens (primary N) is 1. The molecule has 4 N–H and O–H groups in total. The van der Waals surface area contributed by atoms with E-state index in [0.29, 0.717) is 11.4 Å². The standard InChI is InChI=1S/C20H22N4O/c1-12-5-6-18(17(22)9-12)23-11-16(10-21)20(25)24-19-14(3)7-13(2)8-15(19)4/h5-9,11,23H,22H2,1-4H3,(H,24,25)/b16-11-. The van der Waals surface area contributed by atoms with Crippen molar-refractivity contribution in [2.45, 2.75) is 27.7 Å². The summed E-state index contributed by atoms with van der Waals surface area (Å²) in [6, 6.07) is 11.4. The van der Waals surface area contributed by atoms with Crippen LogP contribution in [-0.4, -0.2) is 5.91 Å². The van der Waals surface area contributed by atoms with Gasteiger partial charge in [-0.25, -0.2) is 0 Å². The summed E-state index contributed by atoms with van der Waals surface area (Å²) in [5, 5.41) is 15.0. The summed E-state index contributed by atoms with van der Waals surface area (Å²) in [7, 11) is 0. The van der Waals surface area contributed by atoms with Crippen LogP contribution in [0, 0.1) is 39.0 Å². The van der Waals surface area contributed by atoms with Crippen molar-refractivity contribution >= 4 is 23.0 Å². The summed E-state index contributed by atoms with van der Waals surface area (Å²) in [6.07, 6.45) is 1.37. The van der Waals surface area contributed by atoms with Crippen LogP contribution in [0.2, 0.25) is 0 Å². The summed E-state index contributed by atoms with van der Waals surface area (Å²) in [6.45, 7) is 7.80. The van der Waals surface area contributed by atoms with Gasteiger partial charge in [0.2, 0.25) is 0 Å². The molecule has 0 atom stereocenters. The van der Waals surface area contributed by atoms with Gasteiger partial charge in [-0.3, -0.25) is 4.79 Å². The maximum absolute atomic E-state index is 12.4. The van der Waals surface area contributed by atoms with Crippen LogP contribution in [0.15, 0.2) is 42.1 Å². The molecule has 128 valence electrons. The van der Waals surface area contributed by atoms with Gasteiger partial charge in [0, 0.05) is 11.9 Å². The number of anilines is 3. The molecule has 25 heavy (non-hydrogen) atoms. The van der Waals surface area contributed by atoms with E-state index in [1.165, 1.54) is 6.20 Å². The van der Waals surface area contributed by atoms with Crippen molar-refractivity contribution in [1.29, 1.82) is 5.26 Å². The van der Waals surface area contributed by atoms with E-state index in [9.17, 15) is 10.1 Å². The predicted octanol–water partition coefficient (Wildman–Crippen LogP) is 3.96. The Labute approximate surface area is 148 Å². The molecule has 0 unspecified atom stereocenters. The lowest BCUT2D eigenvalue weighted by atomic mass is 10.0. The zero-order valence-electron chi connectivity index (χ0n) is 14.9. The van der Waals surface area contributed by atoms with Crippen molar-refractivity contribution in [1.82, 2.24) is 0 Å². The second-order valence-corrected chi connectivity index (χ2v) is 6.13. The lowest BCUT2D eigenvalue weighted by Gasteiger charge is -2.12. The molecule has 0 heterocycles.